The van der Waals surface area contributed by atoms with Gasteiger partial charge in [-0.25, -0.2) is 0 Å². The molecule has 1 fully saturated rings. The van der Waals surface area contributed by atoms with Crippen LogP contribution in [0.4, 0.5) is 5.69 Å². The van der Waals surface area contributed by atoms with Gasteiger partial charge in [-0.05, 0) is 81.8 Å². The van der Waals surface area contributed by atoms with Gasteiger partial charge in [-0.3, -0.25) is 4.99 Å². The number of halogens is 1. The van der Waals surface area contributed by atoms with Crippen molar-refractivity contribution in [3.63, 3.8) is 0 Å². The first-order chi connectivity index (χ1) is 11.0. The highest BCUT2D eigenvalue weighted by atomic mass is 127. The SMILES string of the molecule is Cc1ccc(NC(N)=NCCCCN2CCCC(C)C2)cc1C.I. The van der Waals surface area contributed by atoms with E-state index < -0.39 is 0 Å². The number of anilines is 1. The summed E-state index contributed by atoms with van der Waals surface area (Å²) in [6, 6.07) is 6.25. The predicted molar refractivity (Wildman–Crippen MR) is 116 cm³/mol. The molecule has 1 saturated heterocycles. The number of nitrogens with two attached hydrogens (primary N) is 1. The third-order valence-electron chi connectivity index (χ3n) is 4.69. The van der Waals surface area contributed by atoms with Gasteiger partial charge in [-0.15, -0.1) is 24.0 Å². The number of rotatable bonds is 6. The fraction of sp³-hybridized carbons (Fsp3) is 0.632. The summed E-state index contributed by atoms with van der Waals surface area (Å²) < 4.78 is 0. The lowest BCUT2D eigenvalue weighted by molar-refractivity contribution is 0.181. The molecule has 0 saturated carbocycles. The molecule has 1 heterocycles. The third kappa shape index (κ3) is 7.38. The van der Waals surface area contributed by atoms with Crippen LogP contribution in [0.25, 0.3) is 0 Å². The van der Waals surface area contributed by atoms with Crippen molar-refractivity contribution in [1.82, 2.24) is 4.90 Å². The van der Waals surface area contributed by atoms with Gasteiger partial charge in [0.15, 0.2) is 5.96 Å². The Morgan fingerprint density at radius 2 is 2.08 bits per heavy atom. The van der Waals surface area contributed by atoms with Crippen molar-refractivity contribution in [2.24, 2.45) is 16.6 Å². The van der Waals surface area contributed by atoms with E-state index in [1.807, 2.05) is 6.07 Å². The van der Waals surface area contributed by atoms with E-state index in [1.165, 1.54) is 50.0 Å². The second-order valence-electron chi connectivity index (χ2n) is 6.95. The molecular weight excluding hydrogens is 411 g/mol. The van der Waals surface area contributed by atoms with Crippen LogP contribution in [-0.2, 0) is 0 Å². The topological polar surface area (TPSA) is 53.6 Å². The van der Waals surface area contributed by atoms with E-state index in [0.717, 1.165) is 24.6 Å². The minimum absolute atomic E-state index is 0. The van der Waals surface area contributed by atoms with E-state index in [0.29, 0.717) is 5.96 Å². The minimum atomic E-state index is 0. The Morgan fingerprint density at radius 1 is 1.29 bits per heavy atom. The van der Waals surface area contributed by atoms with E-state index in [-0.39, 0.29) is 24.0 Å². The molecule has 0 spiro atoms. The van der Waals surface area contributed by atoms with Crippen molar-refractivity contribution < 1.29 is 0 Å². The van der Waals surface area contributed by atoms with Gasteiger partial charge in [0.1, 0.15) is 0 Å². The zero-order valence-electron chi connectivity index (χ0n) is 15.3. The van der Waals surface area contributed by atoms with Crippen molar-refractivity contribution in [2.45, 2.75) is 46.5 Å². The summed E-state index contributed by atoms with van der Waals surface area (Å²) in [7, 11) is 0. The molecule has 0 radical (unpaired) electrons. The fourth-order valence-corrected chi connectivity index (χ4v) is 3.14. The molecule has 1 atom stereocenters. The molecule has 4 nitrogen and oxygen atoms in total. The van der Waals surface area contributed by atoms with Crippen molar-refractivity contribution in [1.29, 1.82) is 0 Å². The standard InChI is InChI=1S/C19H32N4.HI/c1-15-7-6-12-23(14-15)11-5-4-10-21-19(20)22-18-9-8-16(2)17(3)13-18;/h8-9,13,15H,4-7,10-12,14H2,1-3H3,(H3,20,21,22);1H. The molecule has 1 aromatic carbocycles. The largest absolute Gasteiger partial charge is 0.370 e. The minimum Gasteiger partial charge on any atom is -0.370 e. The molecular formula is C19H33IN4. The van der Waals surface area contributed by atoms with Gasteiger partial charge >= 0.3 is 0 Å². The second-order valence-corrected chi connectivity index (χ2v) is 6.95. The highest BCUT2D eigenvalue weighted by molar-refractivity contribution is 14.0. The Balaban J connectivity index is 0.00000288. The Hall–Kier alpha value is -0.820. The number of hydrogen-bond acceptors (Lipinski definition) is 2. The van der Waals surface area contributed by atoms with Crippen LogP contribution in [0.1, 0.15) is 43.7 Å². The monoisotopic (exact) mass is 444 g/mol. The molecule has 0 aliphatic carbocycles. The summed E-state index contributed by atoms with van der Waals surface area (Å²) in [6.45, 7) is 11.1. The van der Waals surface area contributed by atoms with Crippen LogP contribution < -0.4 is 11.1 Å². The summed E-state index contributed by atoms with van der Waals surface area (Å²) in [6.07, 6.45) is 5.04. The van der Waals surface area contributed by atoms with E-state index in [9.17, 15) is 0 Å². The van der Waals surface area contributed by atoms with Gasteiger partial charge in [-0.1, -0.05) is 13.0 Å². The van der Waals surface area contributed by atoms with Crippen molar-refractivity contribution >= 4 is 35.6 Å². The maximum Gasteiger partial charge on any atom is 0.193 e. The van der Waals surface area contributed by atoms with Gasteiger partial charge in [0, 0.05) is 18.8 Å². The smallest absolute Gasteiger partial charge is 0.193 e. The summed E-state index contributed by atoms with van der Waals surface area (Å²) in [5, 5.41) is 3.17. The molecule has 136 valence electrons. The maximum atomic E-state index is 5.97. The summed E-state index contributed by atoms with van der Waals surface area (Å²) in [4.78, 5) is 7.03. The molecule has 3 N–H and O–H groups in total. The Kier molecular flexibility index (Phi) is 9.66. The molecule has 1 aliphatic rings. The third-order valence-corrected chi connectivity index (χ3v) is 4.69. The average molecular weight is 444 g/mol. The number of benzene rings is 1. The van der Waals surface area contributed by atoms with Crippen molar-refractivity contribution in [3.8, 4) is 0 Å². The van der Waals surface area contributed by atoms with Crippen LogP contribution in [0, 0.1) is 19.8 Å². The molecule has 24 heavy (non-hydrogen) atoms. The first-order valence-electron chi connectivity index (χ1n) is 8.91. The molecule has 5 heteroatoms. The lowest BCUT2D eigenvalue weighted by Gasteiger charge is -2.30. The number of unbranched alkanes of at least 4 members (excludes halogenated alkanes) is 1. The van der Waals surface area contributed by atoms with Crippen LogP contribution in [0.15, 0.2) is 23.2 Å². The summed E-state index contributed by atoms with van der Waals surface area (Å²) >= 11 is 0. The fourth-order valence-electron chi connectivity index (χ4n) is 3.14. The predicted octanol–water partition coefficient (Wildman–Crippen LogP) is 4.16. The Labute approximate surface area is 164 Å². The van der Waals surface area contributed by atoms with Gasteiger partial charge in [0.2, 0.25) is 0 Å². The number of nitrogens with one attached hydrogen (secondary N) is 1. The highest BCUT2D eigenvalue weighted by Gasteiger charge is 2.15. The zero-order chi connectivity index (χ0) is 16.7. The van der Waals surface area contributed by atoms with Crippen LogP contribution in [0.5, 0.6) is 0 Å². The van der Waals surface area contributed by atoms with E-state index in [4.69, 9.17) is 5.73 Å². The molecule has 1 aromatic rings. The van der Waals surface area contributed by atoms with Crippen molar-refractivity contribution in [2.75, 3.05) is 31.5 Å². The second kappa shape index (κ2) is 10.9. The summed E-state index contributed by atoms with van der Waals surface area (Å²) in [5.74, 6) is 1.37. The molecule has 1 aliphatic heterocycles. The Bertz CT molecular complexity index is 530. The molecule has 0 aromatic heterocycles. The van der Waals surface area contributed by atoms with Crippen LogP contribution in [0.2, 0.25) is 0 Å². The number of aryl methyl sites for hydroxylation is 2. The summed E-state index contributed by atoms with van der Waals surface area (Å²) in [5.41, 5.74) is 9.53. The van der Waals surface area contributed by atoms with Gasteiger partial charge < -0.3 is 16.0 Å². The number of hydrogen-bond donors (Lipinski definition) is 2. The number of piperidine rings is 1. The van der Waals surface area contributed by atoms with Gasteiger partial charge in [-0.2, -0.15) is 0 Å². The van der Waals surface area contributed by atoms with Gasteiger partial charge in [0.05, 0.1) is 0 Å². The number of guanidine groups is 1. The Morgan fingerprint density at radius 3 is 2.79 bits per heavy atom. The van der Waals surface area contributed by atoms with Gasteiger partial charge in [0.25, 0.3) is 0 Å². The van der Waals surface area contributed by atoms with Crippen LogP contribution in [0.3, 0.4) is 0 Å². The highest BCUT2D eigenvalue weighted by Crippen LogP contribution is 2.16. The first kappa shape index (κ1) is 21.2. The zero-order valence-corrected chi connectivity index (χ0v) is 17.7. The lowest BCUT2D eigenvalue weighted by atomic mass is 10.0. The maximum absolute atomic E-state index is 5.97. The molecule has 0 bridgehead atoms. The van der Waals surface area contributed by atoms with Crippen molar-refractivity contribution in [3.05, 3.63) is 29.3 Å². The molecule has 2 rings (SSSR count). The average Bonchev–Trinajstić information content (AvgIpc) is 2.51. The number of aliphatic imine (C=N–C) groups is 1. The lowest BCUT2D eigenvalue weighted by Crippen LogP contribution is -2.35. The van der Waals surface area contributed by atoms with Crippen LogP contribution >= 0.6 is 24.0 Å². The number of likely N-dealkylation sites (tertiary alicyclic amines) is 1. The number of nitrogens with zero attached hydrogens (tertiary/aromatic N) is 2. The van der Waals surface area contributed by atoms with E-state index in [1.54, 1.807) is 0 Å². The van der Waals surface area contributed by atoms with Crippen LogP contribution in [-0.4, -0.2) is 37.0 Å². The quantitative estimate of drug-likeness (QED) is 0.300. The normalized spacial score (nSPS) is 19.0. The van der Waals surface area contributed by atoms with E-state index in [2.05, 4.69) is 48.1 Å². The molecule has 0 amide bonds. The molecule has 1 unspecified atom stereocenters. The first-order valence-corrected chi connectivity index (χ1v) is 8.91. The van der Waals surface area contributed by atoms with E-state index >= 15 is 0 Å².